The van der Waals surface area contributed by atoms with E-state index in [0.29, 0.717) is 5.15 Å². The Balaban J connectivity index is 2.69. The van der Waals surface area contributed by atoms with Gasteiger partial charge in [-0.05, 0) is 49.2 Å². The molecule has 6 heteroatoms. The average molecular weight is 316 g/mol. The molecule has 2 heterocycles. The van der Waals surface area contributed by atoms with Crippen LogP contribution in [0, 0.1) is 27.7 Å². The van der Waals surface area contributed by atoms with Crippen LogP contribution >= 0.6 is 27.5 Å². The van der Waals surface area contributed by atoms with Crippen molar-refractivity contribution in [2.75, 3.05) is 0 Å². The molecule has 0 aromatic carbocycles. The van der Waals surface area contributed by atoms with Gasteiger partial charge in [0.2, 0.25) is 0 Å². The topological polar surface area (TPSA) is 43.6 Å². The molecule has 0 saturated heterocycles. The van der Waals surface area contributed by atoms with Gasteiger partial charge in [0.05, 0.1) is 15.9 Å². The lowest BCUT2D eigenvalue weighted by Gasteiger charge is -2.09. The Bertz CT molecular complexity index is 592. The predicted octanol–water partition coefficient (Wildman–Crippen LogP) is 3.31. The minimum absolute atomic E-state index is 0.437. The fraction of sp³-hybridized carbons (Fsp3) is 0.364. The molecule has 0 bridgehead atoms. The van der Waals surface area contributed by atoms with Crippen molar-refractivity contribution in [3.8, 4) is 5.82 Å². The van der Waals surface area contributed by atoms with Crippen molar-refractivity contribution in [2.45, 2.75) is 27.7 Å². The normalized spacial score (nSPS) is 10.9. The summed E-state index contributed by atoms with van der Waals surface area (Å²) in [4.78, 5) is 0. The molecule has 2 aromatic rings. The Hall–Kier alpha value is -0.940. The van der Waals surface area contributed by atoms with Crippen LogP contribution in [-0.2, 0) is 0 Å². The molecule has 0 unspecified atom stereocenters. The summed E-state index contributed by atoms with van der Waals surface area (Å²) in [5.41, 5.74) is 3.85. The van der Waals surface area contributed by atoms with Gasteiger partial charge in [-0.2, -0.15) is 5.10 Å². The molecule has 0 saturated carbocycles. The highest BCUT2D eigenvalue weighted by molar-refractivity contribution is 9.10. The second kappa shape index (κ2) is 4.38. The molecule has 0 N–H and O–H groups in total. The van der Waals surface area contributed by atoms with Crippen LogP contribution in [0.15, 0.2) is 4.47 Å². The highest BCUT2D eigenvalue weighted by Gasteiger charge is 2.15. The van der Waals surface area contributed by atoms with Crippen molar-refractivity contribution in [1.29, 1.82) is 0 Å². The minimum atomic E-state index is 0.437. The zero-order chi connectivity index (χ0) is 12.7. The smallest absolute Gasteiger partial charge is 0.179 e. The molecule has 17 heavy (non-hydrogen) atoms. The second-order valence-electron chi connectivity index (χ2n) is 3.96. The number of nitrogens with zero attached hydrogens (tertiary/aromatic N) is 4. The maximum Gasteiger partial charge on any atom is 0.179 e. The van der Waals surface area contributed by atoms with E-state index in [1.807, 2.05) is 27.7 Å². The van der Waals surface area contributed by atoms with E-state index in [1.165, 1.54) is 0 Å². The van der Waals surface area contributed by atoms with Crippen molar-refractivity contribution in [2.24, 2.45) is 0 Å². The number of hydrogen-bond acceptors (Lipinski definition) is 3. The molecule has 0 atom stereocenters. The van der Waals surface area contributed by atoms with Gasteiger partial charge >= 0.3 is 0 Å². The summed E-state index contributed by atoms with van der Waals surface area (Å²) in [5, 5.41) is 12.9. The van der Waals surface area contributed by atoms with Gasteiger partial charge in [0, 0.05) is 5.56 Å². The molecular weight excluding hydrogens is 304 g/mol. The summed E-state index contributed by atoms with van der Waals surface area (Å²) in [6, 6.07) is 0. The summed E-state index contributed by atoms with van der Waals surface area (Å²) >= 11 is 9.43. The van der Waals surface area contributed by atoms with Crippen LogP contribution in [-0.4, -0.2) is 20.0 Å². The Kier molecular flexibility index (Phi) is 3.23. The number of hydrogen-bond donors (Lipinski definition) is 0. The molecule has 2 aromatic heterocycles. The molecule has 0 fully saturated rings. The van der Waals surface area contributed by atoms with Crippen molar-refractivity contribution in [3.63, 3.8) is 0 Å². The van der Waals surface area contributed by atoms with E-state index in [2.05, 4.69) is 31.2 Å². The van der Waals surface area contributed by atoms with Crippen LogP contribution in [0.3, 0.4) is 0 Å². The standard InChI is InChI=1S/C11H12BrClN4/c1-5-6(2)11(15-14-10(5)13)17-8(4)9(12)7(3)16-17/h1-4H3. The average Bonchev–Trinajstić information content (AvgIpc) is 2.54. The van der Waals surface area contributed by atoms with Crippen LogP contribution in [0.4, 0.5) is 0 Å². The summed E-state index contributed by atoms with van der Waals surface area (Å²) in [5.74, 6) is 0.721. The van der Waals surface area contributed by atoms with Gasteiger partial charge in [0.25, 0.3) is 0 Å². The first-order valence-electron chi connectivity index (χ1n) is 5.15. The van der Waals surface area contributed by atoms with Crippen molar-refractivity contribution in [3.05, 3.63) is 32.1 Å². The van der Waals surface area contributed by atoms with E-state index in [1.54, 1.807) is 4.68 Å². The molecule has 0 aliphatic heterocycles. The quantitative estimate of drug-likeness (QED) is 0.811. The predicted molar refractivity (Wildman–Crippen MR) is 70.8 cm³/mol. The van der Waals surface area contributed by atoms with E-state index in [4.69, 9.17) is 11.6 Å². The monoisotopic (exact) mass is 314 g/mol. The van der Waals surface area contributed by atoms with Gasteiger partial charge < -0.3 is 0 Å². The summed E-state index contributed by atoms with van der Waals surface area (Å²) in [6.07, 6.45) is 0. The van der Waals surface area contributed by atoms with E-state index in [0.717, 1.165) is 32.8 Å². The maximum absolute atomic E-state index is 5.94. The molecule has 0 aliphatic rings. The first kappa shape index (κ1) is 12.5. The summed E-state index contributed by atoms with van der Waals surface area (Å²) in [6.45, 7) is 7.82. The number of rotatable bonds is 1. The van der Waals surface area contributed by atoms with E-state index in [-0.39, 0.29) is 0 Å². The van der Waals surface area contributed by atoms with Gasteiger partial charge in [-0.15, -0.1) is 10.2 Å². The first-order valence-corrected chi connectivity index (χ1v) is 6.32. The van der Waals surface area contributed by atoms with E-state index < -0.39 is 0 Å². The Morgan fingerprint density at radius 2 is 1.71 bits per heavy atom. The van der Waals surface area contributed by atoms with Crippen LogP contribution < -0.4 is 0 Å². The molecule has 0 aliphatic carbocycles. The highest BCUT2D eigenvalue weighted by Crippen LogP contribution is 2.25. The molecule has 4 nitrogen and oxygen atoms in total. The fourth-order valence-electron chi connectivity index (χ4n) is 1.59. The molecule has 0 amide bonds. The molecule has 0 spiro atoms. The highest BCUT2D eigenvalue weighted by atomic mass is 79.9. The Morgan fingerprint density at radius 1 is 1.06 bits per heavy atom. The van der Waals surface area contributed by atoms with Gasteiger partial charge in [-0.3, -0.25) is 0 Å². The summed E-state index contributed by atoms with van der Waals surface area (Å²) in [7, 11) is 0. The lowest BCUT2D eigenvalue weighted by atomic mass is 10.2. The molecular formula is C11H12BrClN4. The minimum Gasteiger partial charge on any atom is -0.216 e. The first-order chi connectivity index (χ1) is 7.93. The van der Waals surface area contributed by atoms with Crippen LogP contribution in [0.25, 0.3) is 5.82 Å². The fourth-order valence-corrected chi connectivity index (χ4v) is 2.02. The van der Waals surface area contributed by atoms with E-state index in [9.17, 15) is 0 Å². The Morgan fingerprint density at radius 3 is 2.24 bits per heavy atom. The molecule has 90 valence electrons. The van der Waals surface area contributed by atoms with Gasteiger partial charge in [-0.1, -0.05) is 11.6 Å². The largest absolute Gasteiger partial charge is 0.216 e. The third kappa shape index (κ3) is 1.98. The van der Waals surface area contributed by atoms with E-state index >= 15 is 0 Å². The number of aryl methyl sites for hydroxylation is 1. The van der Waals surface area contributed by atoms with Crippen molar-refractivity contribution < 1.29 is 0 Å². The Labute approximate surface area is 113 Å². The third-order valence-corrected chi connectivity index (χ3v) is 4.35. The van der Waals surface area contributed by atoms with Crippen LogP contribution in [0.5, 0.6) is 0 Å². The lowest BCUT2D eigenvalue weighted by Crippen LogP contribution is -2.07. The van der Waals surface area contributed by atoms with Gasteiger partial charge in [-0.25, -0.2) is 4.68 Å². The molecule has 2 rings (SSSR count). The third-order valence-electron chi connectivity index (χ3n) is 2.84. The second-order valence-corrected chi connectivity index (χ2v) is 5.11. The van der Waals surface area contributed by atoms with Crippen LogP contribution in [0.1, 0.15) is 22.5 Å². The zero-order valence-corrected chi connectivity index (χ0v) is 12.4. The molecule has 0 radical (unpaired) electrons. The van der Waals surface area contributed by atoms with Gasteiger partial charge in [0.1, 0.15) is 0 Å². The van der Waals surface area contributed by atoms with Crippen LogP contribution in [0.2, 0.25) is 5.15 Å². The zero-order valence-electron chi connectivity index (χ0n) is 10.0. The van der Waals surface area contributed by atoms with Gasteiger partial charge in [0.15, 0.2) is 11.0 Å². The maximum atomic E-state index is 5.94. The number of aromatic nitrogens is 4. The summed E-state index contributed by atoms with van der Waals surface area (Å²) < 4.78 is 2.77. The van der Waals surface area contributed by atoms with Crippen molar-refractivity contribution >= 4 is 27.5 Å². The SMILES string of the molecule is Cc1nn(-c2nnc(Cl)c(C)c2C)c(C)c1Br. The van der Waals surface area contributed by atoms with Crippen molar-refractivity contribution in [1.82, 2.24) is 20.0 Å². The lowest BCUT2D eigenvalue weighted by molar-refractivity contribution is 0.770. The number of halogens is 2.